The molecule has 2 unspecified atom stereocenters. The molecule has 6 heteroatoms. The molecule has 0 spiro atoms. The Balaban J connectivity index is 1.84. The average Bonchev–Trinajstić information content (AvgIpc) is 2.74. The molecule has 0 saturated carbocycles. The van der Waals surface area contributed by atoms with Gasteiger partial charge in [0.05, 0.1) is 0 Å². The lowest BCUT2D eigenvalue weighted by Crippen LogP contribution is -2.88. The first kappa shape index (κ1) is 18.5. The van der Waals surface area contributed by atoms with Gasteiger partial charge in [-0.05, 0) is 36.2 Å². The fraction of sp³-hybridized carbons (Fsp3) is 0.143. The van der Waals surface area contributed by atoms with Crippen LogP contribution in [0.2, 0.25) is 6.55 Å². The third kappa shape index (κ3) is 3.29. The molecule has 4 rings (SSSR count). The number of nitrogens with one attached hydrogen (secondary N) is 1. The fourth-order valence-corrected chi connectivity index (χ4v) is 21.6. The third-order valence-corrected chi connectivity index (χ3v) is 20.9. The molecular formula is C21H27N3Si3. The highest BCUT2D eigenvalue weighted by Crippen LogP contribution is 2.19. The van der Waals surface area contributed by atoms with E-state index >= 15 is 0 Å². The van der Waals surface area contributed by atoms with Gasteiger partial charge in [-0.15, -0.1) is 0 Å². The Morgan fingerprint density at radius 1 is 0.630 bits per heavy atom. The smallest absolute Gasteiger partial charge is 0.224 e. The molecule has 0 radical (unpaired) electrons. The first-order valence-corrected chi connectivity index (χ1v) is 15.2. The van der Waals surface area contributed by atoms with E-state index in [2.05, 4.69) is 125 Å². The summed E-state index contributed by atoms with van der Waals surface area (Å²) < 4.78 is 9.66. The number of benzene rings is 3. The van der Waals surface area contributed by atoms with Crippen molar-refractivity contribution in [2.75, 3.05) is 14.1 Å². The average molecular weight is 406 g/mol. The van der Waals surface area contributed by atoms with Crippen molar-refractivity contribution in [1.82, 2.24) is 13.1 Å². The number of nitrogens with zero attached hydrogens (tertiary/aromatic N) is 2. The van der Waals surface area contributed by atoms with E-state index in [-0.39, 0.29) is 0 Å². The zero-order valence-electron chi connectivity index (χ0n) is 16.2. The standard InChI is InChI=1S/C21H27N3Si3/c1-23-25(19-13-7-4-8-14-19)22-26(20-15-9-5-10-16-20)24(2)27(23,3)21-17-11-6-12-18-21/h4-18,22,25-26H,1-3H3. The molecule has 0 aliphatic carbocycles. The molecular weight excluding hydrogens is 379 g/mol. The van der Waals surface area contributed by atoms with Gasteiger partial charge in [0.2, 0.25) is 26.6 Å². The molecule has 0 bridgehead atoms. The van der Waals surface area contributed by atoms with Crippen LogP contribution in [-0.4, -0.2) is 49.2 Å². The van der Waals surface area contributed by atoms with Crippen LogP contribution in [0, 0.1) is 0 Å². The lowest BCUT2D eigenvalue weighted by atomic mass is 10.4. The third-order valence-electron chi connectivity index (χ3n) is 6.02. The van der Waals surface area contributed by atoms with Gasteiger partial charge in [0.15, 0.2) is 0 Å². The van der Waals surface area contributed by atoms with Crippen molar-refractivity contribution in [3.8, 4) is 0 Å². The van der Waals surface area contributed by atoms with Crippen LogP contribution in [0.25, 0.3) is 0 Å². The molecule has 1 N–H and O–H groups in total. The minimum Gasteiger partial charge on any atom is -0.334 e. The fourth-order valence-electron chi connectivity index (χ4n) is 4.20. The van der Waals surface area contributed by atoms with Crippen LogP contribution in [0.4, 0.5) is 0 Å². The van der Waals surface area contributed by atoms with Crippen LogP contribution in [-0.2, 0) is 0 Å². The van der Waals surface area contributed by atoms with E-state index in [1.807, 2.05) is 0 Å². The summed E-state index contributed by atoms with van der Waals surface area (Å²) in [7, 11) is -0.234. The van der Waals surface area contributed by atoms with Crippen LogP contribution in [0.3, 0.4) is 0 Å². The second-order valence-corrected chi connectivity index (χ2v) is 18.3. The molecule has 1 heterocycles. The Labute approximate surface area is 167 Å². The van der Waals surface area contributed by atoms with Crippen molar-refractivity contribution >= 4 is 42.2 Å². The Morgan fingerprint density at radius 2 is 1.00 bits per heavy atom. The van der Waals surface area contributed by atoms with E-state index in [9.17, 15) is 0 Å². The molecule has 27 heavy (non-hydrogen) atoms. The van der Waals surface area contributed by atoms with Crippen molar-refractivity contribution in [2.45, 2.75) is 6.55 Å². The summed E-state index contributed by atoms with van der Waals surface area (Å²) in [5, 5.41) is 4.46. The Bertz CT molecular complexity index is 825. The summed E-state index contributed by atoms with van der Waals surface area (Å²) in [5.74, 6) is 0. The van der Waals surface area contributed by atoms with Crippen molar-refractivity contribution in [3.63, 3.8) is 0 Å². The normalized spacial score (nSPS) is 26.8. The molecule has 138 valence electrons. The highest BCUT2D eigenvalue weighted by molar-refractivity contribution is 7.05. The zero-order valence-corrected chi connectivity index (χ0v) is 19.5. The predicted molar refractivity (Wildman–Crippen MR) is 123 cm³/mol. The van der Waals surface area contributed by atoms with E-state index in [0.717, 1.165) is 0 Å². The molecule has 2 atom stereocenters. The van der Waals surface area contributed by atoms with Crippen molar-refractivity contribution in [1.29, 1.82) is 0 Å². The van der Waals surface area contributed by atoms with Gasteiger partial charge in [0.25, 0.3) is 0 Å². The Hall–Kier alpha value is -1.81. The minimum absolute atomic E-state index is 1.47. The van der Waals surface area contributed by atoms with Crippen molar-refractivity contribution in [2.24, 2.45) is 0 Å². The van der Waals surface area contributed by atoms with Crippen molar-refractivity contribution in [3.05, 3.63) is 91.0 Å². The first-order chi connectivity index (χ1) is 13.1. The van der Waals surface area contributed by atoms with E-state index in [0.29, 0.717) is 0 Å². The molecule has 3 aromatic rings. The maximum absolute atomic E-state index is 4.17. The molecule has 1 fully saturated rings. The second kappa shape index (κ2) is 7.67. The quantitative estimate of drug-likeness (QED) is 0.647. The molecule has 1 aliphatic heterocycles. The summed E-state index contributed by atoms with van der Waals surface area (Å²) in [6.45, 7) is 2.52. The highest BCUT2D eigenvalue weighted by atomic mass is 28.5. The van der Waals surface area contributed by atoms with Gasteiger partial charge in [-0.1, -0.05) is 91.0 Å². The van der Waals surface area contributed by atoms with Gasteiger partial charge >= 0.3 is 0 Å². The number of rotatable bonds is 3. The summed E-state index contributed by atoms with van der Waals surface area (Å²) >= 11 is 0. The topological polar surface area (TPSA) is 18.5 Å². The lowest BCUT2D eigenvalue weighted by molar-refractivity contribution is 0.621. The molecule has 3 aromatic carbocycles. The molecule has 3 nitrogen and oxygen atoms in total. The number of hydrogen-bond acceptors (Lipinski definition) is 3. The van der Waals surface area contributed by atoms with E-state index in [1.54, 1.807) is 0 Å². The van der Waals surface area contributed by atoms with Crippen LogP contribution in [0.15, 0.2) is 91.0 Å². The molecule has 0 amide bonds. The minimum atomic E-state index is -1.98. The maximum atomic E-state index is 4.17. The van der Waals surface area contributed by atoms with Crippen molar-refractivity contribution < 1.29 is 0 Å². The molecule has 0 aromatic heterocycles. The van der Waals surface area contributed by atoms with E-state index in [1.165, 1.54) is 15.6 Å². The molecule has 1 aliphatic rings. The van der Waals surface area contributed by atoms with Crippen LogP contribution < -0.4 is 20.2 Å². The predicted octanol–water partition coefficient (Wildman–Crippen LogP) is 0.688. The second-order valence-electron chi connectivity index (χ2n) is 7.40. The van der Waals surface area contributed by atoms with Gasteiger partial charge in [-0.3, -0.25) is 0 Å². The van der Waals surface area contributed by atoms with Gasteiger partial charge in [-0.2, -0.15) is 0 Å². The molecule has 1 saturated heterocycles. The van der Waals surface area contributed by atoms with E-state index in [4.69, 9.17) is 0 Å². The van der Waals surface area contributed by atoms with E-state index < -0.39 is 26.6 Å². The summed E-state index contributed by atoms with van der Waals surface area (Å²) in [4.78, 5) is 0. The largest absolute Gasteiger partial charge is 0.334 e. The van der Waals surface area contributed by atoms with Crippen LogP contribution in [0.1, 0.15) is 0 Å². The monoisotopic (exact) mass is 405 g/mol. The van der Waals surface area contributed by atoms with Crippen LogP contribution >= 0.6 is 0 Å². The van der Waals surface area contributed by atoms with Gasteiger partial charge in [0, 0.05) is 0 Å². The Kier molecular flexibility index (Phi) is 5.27. The summed E-state index contributed by atoms with van der Waals surface area (Å²) in [6.07, 6.45) is 0. The van der Waals surface area contributed by atoms with Gasteiger partial charge in [0.1, 0.15) is 0 Å². The van der Waals surface area contributed by atoms with Gasteiger partial charge in [-0.25, -0.2) is 0 Å². The van der Waals surface area contributed by atoms with Gasteiger partial charge < -0.3 is 13.1 Å². The highest BCUT2D eigenvalue weighted by Gasteiger charge is 2.51. The summed E-state index contributed by atoms with van der Waals surface area (Å²) in [6, 6.07) is 33.3. The van der Waals surface area contributed by atoms with Crippen LogP contribution in [0.5, 0.6) is 0 Å². The Morgan fingerprint density at radius 3 is 1.41 bits per heavy atom. The number of hydrogen-bond donors (Lipinski definition) is 1. The SMILES string of the molecule is CN1[SiH](c2ccccc2)N[SiH](c2ccccc2)N(C)[Si]1(C)c1ccccc1. The first-order valence-electron chi connectivity index (χ1n) is 9.49. The summed E-state index contributed by atoms with van der Waals surface area (Å²) in [5.41, 5.74) is 0. The zero-order chi connectivity index (χ0) is 18.9. The maximum Gasteiger partial charge on any atom is 0.224 e. The lowest BCUT2D eigenvalue weighted by Gasteiger charge is -2.55.